The zero-order valence-corrected chi connectivity index (χ0v) is 16.2. The number of fused-ring (bicyclic) bond motifs is 1. The Balaban J connectivity index is 1.86. The molecular formula is C21H24F5NO2. The third kappa shape index (κ3) is 4.97. The third-order valence-corrected chi connectivity index (χ3v) is 5.65. The van der Waals surface area contributed by atoms with E-state index in [0.29, 0.717) is 38.0 Å². The molecule has 3 nitrogen and oxygen atoms in total. The zero-order valence-electron chi connectivity index (χ0n) is 16.2. The van der Waals surface area contributed by atoms with Crippen molar-refractivity contribution < 1.29 is 31.5 Å². The van der Waals surface area contributed by atoms with Gasteiger partial charge in [-0.3, -0.25) is 4.79 Å². The number of hydrogen-bond donors (Lipinski definition) is 0. The number of Topliss-reactive ketones (excluding diaryl/α,β-unsaturated/α-hetero) is 1. The molecule has 0 bridgehead atoms. The highest BCUT2D eigenvalue weighted by molar-refractivity contribution is 6.03. The zero-order chi connectivity index (χ0) is 21.2. The number of pyridine rings is 1. The van der Waals surface area contributed by atoms with E-state index in [1.165, 1.54) is 29.8 Å². The van der Waals surface area contributed by atoms with Crippen molar-refractivity contribution >= 4 is 11.3 Å². The molecule has 2 heterocycles. The predicted octanol–water partition coefficient (Wildman–Crippen LogP) is 5.94. The summed E-state index contributed by atoms with van der Waals surface area (Å²) < 4.78 is 73.7. The van der Waals surface area contributed by atoms with Crippen LogP contribution in [-0.2, 0) is 17.3 Å². The van der Waals surface area contributed by atoms with Crippen molar-refractivity contribution in [2.45, 2.75) is 57.0 Å². The van der Waals surface area contributed by atoms with E-state index >= 15 is 0 Å². The molecule has 0 aromatic carbocycles. The van der Waals surface area contributed by atoms with Crippen LogP contribution in [0.5, 0.6) is 0 Å². The predicted molar refractivity (Wildman–Crippen MR) is 98.4 cm³/mol. The number of carbonyl (C=O) groups is 1. The number of aromatic nitrogens is 1. The minimum absolute atomic E-state index is 0.00232. The van der Waals surface area contributed by atoms with Crippen LogP contribution >= 0.6 is 0 Å². The van der Waals surface area contributed by atoms with E-state index in [-0.39, 0.29) is 42.0 Å². The lowest BCUT2D eigenvalue weighted by atomic mass is 9.83. The number of methoxy groups -OCH3 is 1. The Labute approximate surface area is 165 Å². The first-order chi connectivity index (χ1) is 13.6. The number of hydrogen-bond acceptors (Lipinski definition) is 2. The lowest BCUT2D eigenvalue weighted by Crippen LogP contribution is -2.24. The Kier molecular flexibility index (Phi) is 6.31. The van der Waals surface area contributed by atoms with E-state index in [0.717, 1.165) is 6.07 Å². The number of halogens is 5. The SMILES string of the molecule is COCCc1cc(C(=O)CCC2CCC(F)(F)CC2)c2c(C(F)(F)F)cccn12. The van der Waals surface area contributed by atoms with Crippen molar-refractivity contribution in [2.24, 2.45) is 5.92 Å². The molecule has 0 N–H and O–H groups in total. The topological polar surface area (TPSA) is 30.7 Å². The summed E-state index contributed by atoms with van der Waals surface area (Å²) in [7, 11) is 1.50. The second-order valence-electron chi connectivity index (χ2n) is 7.69. The molecule has 2 aromatic heterocycles. The van der Waals surface area contributed by atoms with Gasteiger partial charge in [0.05, 0.1) is 17.7 Å². The van der Waals surface area contributed by atoms with E-state index < -0.39 is 17.7 Å². The average molecular weight is 417 g/mol. The number of ketones is 1. The van der Waals surface area contributed by atoms with Gasteiger partial charge in [-0.2, -0.15) is 13.2 Å². The average Bonchev–Trinajstić information content (AvgIpc) is 3.03. The second-order valence-corrected chi connectivity index (χ2v) is 7.69. The first kappa shape index (κ1) is 21.7. The van der Waals surface area contributed by atoms with Gasteiger partial charge in [0.1, 0.15) is 0 Å². The highest BCUT2D eigenvalue weighted by Crippen LogP contribution is 2.39. The smallest absolute Gasteiger partial charge is 0.384 e. The fourth-order valence-corrected chi connectivity index (χ4v) is 4.03. The van der Waals surface area contributed by atoms with E-state index in [2.05, 4.69) is 0 Å². The summed E-state index contributed by atoms with van der Waals surface area (Å²) >= 11 is 0. The Morgan fingerprint density at radius 3 is 2.59 bits per heavy atom. The summed E-state index contributed by atoms with van der Waals surface area (Å²) in [5.74, 6) is -3.03. The van der Waals surface area contributed by atoms with Gasteiger partial charge in [0, 0.05) is 50.2 Å². The van der Waals surface area contributed by atoms with Crippen molar-refractivity contribution in [1.29, 1.82) is 0 Å². The van der Waals surface area contributed by atoms with Crippen molar-refractivity contribution in [3.63, 3.8) is 0 Å². The van der Waals surface area contributed by atoms with Crippen molar-refractivity contribution in [2.75, 3.05) is 13.7 Å². The minimum Gasteiger partial charge on any atom is -0.384 e. The van der Waals surface area contributed by atoms with Crippen molar-refractivity contribution in [1.82, 2.24) is 4.40 Å². The van der Waals surface area contributed by atoms with E-state index in [1.54, 1.807) is 0 Å². The molecule has 0 radical (unpaired) electrons. The Morgan fingerprint density at radius 1 is 1.28 bits per heavy atom. The summed E-state index contributed by atoms with van der Waals surface area (Å²) in [6.07, 6.45) is -1.98. The molecular weight excluding hydrogens is 393 g/mol. The van der Waals surface area contributed by atoms with Gasteiger partial charge in [-0.05, 0) is 43.4 Å². The van der Waals surface area contributed by atoms with Crippen LogP contribution in [-0.4, -0.2) is 29.8 Å². The van der Waals surface area contributed by atoms with Crippen LogP contribution in [0.1, 0.15) is 60.1 Å². The molecule has 29 heavy (non-hydrogen) atoms. The standard InChI is InChI=1S/C21H24F5NO2/c1-29-12-8-15-13-16(19-17(21(24,25)26)3-2-11-27(15)19)18(28)5-4-14-6-9-20(22,23)10-7-14/h2-3,11,13-14H,4-10,12H2,1H3. The molecule has 2 aromatic rings. The highest BCUT2D eigenvalue weighted by atomic mass is 19.4. The van der Waals surface area contributed by atoms with Crippen LogP contribution in [0.2, 0.25) is 0 Å². The number of rotatable bonds is 7. The molecule has 0 spiro atoms. The molecule has 1 fully saturated rings. The molecule has 0 saturated heterocycles. The van der Waals surface area contributed by atoms with Gasteiger partial charge >= 0.3 is 6.18 Å². The fraction of sp³-hybridized carbons (Fsp3) is 0.571. The Hall–Kier alpha value is -1.96. The highest BCUT2D eigenvalue weighted by Gasteiger charge is 2.36. The van der Waals surface area contributed by atoms with Crippen LogP contribution < -0.4 is 0 Å². The van der Waals surface area contributed by atoms with Crippen LogP contribution in [0.15, 0.2) is 24.4 Å². The number of nitrogens with zero attached hydrogens (tertiary/aromatic N) is 1. The van der Waals surface area contributed by atoms with E-state index in [4.69, 9.17) is 4.74 Å². The van der Waals surface area contributed by atoms with Gasteiger partial charge in [0.2, 0.25) is 5.92 Å². The second kappa shape index (κ2) is 8.42. The van der Waals surface area contributed by atoms with Gasteiger partial charge in [-0.1, -0.05) is 0 Å². The summed E-state index contributed by atoms with van der Waals surface area (Å²) in [6.45, 7) is 0.312. The molecule has 8 heteroatoms. The molecule has 1 saturated carbocycles. The first-order valence-electron chi connectivity index (χ1n) is 9.72. The van der Waals surface area contributed by atoms with Gasteiger partial charge < -0.3 is 9.14 Å². The van der Waals surface area contributed by atoms with Gasteiger partial charge in [-0.15, -0.1) is 0 Å². The number of ether oxygens (including phenoxy) is 1. The lowest BCUT2D eigenvalue weighted by Gasteiger charge is -2.27. The minimum atomic E-state index is -4.59. The molecule has 0 amide bonds. The third-order valence-electron chi connectivity index (χ3n) is 5.65. The largest absolute Gasteiger partial charge is 0.418 e. The van der Waals surface area contributed by atoms with E-state index in [1.807, 2.05) is 0 Å². The maximum atomic E-state index is 13.6. The monoisotopic (exact) mass is 417 g/mol. The number of alkyl halides is 5. The maximum Gasteiger partial charge on any atom is 0.418 e. The molecule has 0 atom stereocenters. The summed E-state index contributed by atoms with van der Waals surface area (Å²) in [5, 5.41) is 0. The van der Waals surface area contributed by atoms with Crippen LogP contribution in [0.25, 0.3) is 5.52 Å². The molecule has 0 aliphatic heterocycles. The van der Waals surface area contributed by atoms with Gasteiger partial charge in [-0.25, -0.2) is 8.78 Å². The molecule has 160 valence electrons. The quantitative estimate of drug-likeness (QED) is 0.413. The van der Waals surface area contributed by atoms with E-state index in [9.17, 15) is 26.7 Å². The molecule has 1 aliphatic carbocycles. The first-order valence-corrected chi connectivity index (χ1v) is 9.72. The van der Waals surface area contributed by atoms with Crippen molar-refractivity contribution in [3.05, 3.63) is 41.2 Å². The maximum absolute atomic E-state index is 13.6. The molecule has 3 rings (SSSR count). The van der Waals surface area contributed by atoms with Crippen molar-refractivity contribution in [3.8, 4) is 0 Å². The summed E-state index contributed by atoms with van der Waals surface area (Å²) in [4.78, 5) is 12.8. The van der Waals surface area contributed by atoms with Crippen LogP contribution in [0.3, 0.4) is 0 Å². The lowest BCUT2D eigenvalue weighted by molar-refractivity contribution is -0.136. The van der Waals surface area contributed by atoms with Gasteiger partial charge in [0.15, 0.2) is 5.78 Å². The van der Waals surface area contributed by atoms with Crippen LogP contribution in [0.4, 0.5) is 22.0 Å². The molecule has 0 unspecified atom stereocenters. The fourth-order valence-electron chi connectivity index (χ4n) is 4.03. The van der Waals surface area contributed by atoms with Crippen LogP contribution in [0, 0.1) is 5.92 Å². The normalized spacial score (nSPS) is 17.7. The molecule has 1 aliphatic rings. The Bertz CT molecular complexity index is 862. The number of carbonyl (C=O) groups excluding carboxylic acids is 1. The van der Waals surface area contributed by atoms with Gasteiger partial charge in [0.25, 0.3) is 0 Å². The summed E-state index contributed by atoms with van der Waals surface area (Å²) in [6, 6.07) is 3.78. The summed E-state index contributed by atoms with van der Waals surface area (Å²) in [5.41, 5.74) is -0.408. The Morgan fingerprint density at radius 2 is 1.97 bits per heavy atom.